The highest BCUT2D eigenvalue weighted by Gasteiger charge is 2.30. The molecule has 0 heterocycles. The van der Waals surface area contributed by atoms with E-state index in [1.165, 1.54) is 16.7 Å². The average Bonchev–Trinajstić information content (AvgIpc) is 2.16. The first-order valence-electron chi connectivity index (χ1n) is 5.78. The van der Waals surface area contributed by atoms with Crippen molar-refractivity contribution in [1.82, 2.24) is 0 Å². The van der Waals surface area contributed by atoms with Crippen molar-refractivity contribution >= 4 is 0 Å². The summed E-state index contributed by atoms with van der Waals surface area (Å²) in [5.74, 6) is 0.462. The summed E-state index contributed by atoms with van der Waals surface area (Å²) in [5, 5.41) is 0. The molecule has 0 aliphatic carbocycles. The van der Waals surface area contributed by atoms with Crippen LogP contribution in [0, 0.1) is 19.8 Å². The molecule has 0 fully saturated rings. The van der Waals surface area contributed by atoms with Gasteiger partial charge in [-0.2, -0.15) is 0 Å². The fourth-order valence-electron chi connectivity index (χ4n) is 2.25. The molecule has 84 valence electrons. The zero-order chi connectivity index (χ0) is 11.6. The number of benzene rings is 1. The summed E-state index contributed by atoms with van der Waals surface area (Å²) >= 11 is 0. The van der Waals surface area contributed by atoms with Gasteiger partial charge >= 0.3 is 0 Å². The molecule has 2 N–H and O–H groups in total. The van der Waals surface area contributed by atoms with Crippen LogP contribution in [0.2, 0.25) is 0 Å². The van der Waals surface area contributed by atoms with Crippen molar-refractivity contribution in [3.8, 4) is 0 Å². The van der Waals surface area contributed by atoms with Gasteiger partial charge in [0.25, 0.3) is 0 Å². The van der Waals surface area contributed by atoms with E-state index in [1.807, 2.05) is 0 Å². The van der Waals surface area contributed by atoms with E-state index in [0.29, 0.717) is 5.92 Å². The van der Waals surface area contributed by atoms with Gasteiger partial charge in [-0.1, -0.05) is 44.5 Å². The predicted molar refractivity (Wildman–Crippen MR) is 66.9 cm³/mol. The number of hydrogen-bond donors (Lipinski definition) is 1. The van der Waals surface area contributed by atoms with Crippen LogP contribution in [-0.4, -0.2) is 0 Å². The Labute approximate surface area is 93.7 Å². The third-order valence-electron chi connectivity index (χ3n) is 3.50. The van der Waals surface area contributed by atoms with Crippen molar-refractivity contribution in [2.75, 3.05) is 0 Å². The van der Waals surface area contributed by atoms with Gasteiger partial charge in [-0.05, 0) is 37.3 Å². The molecule has 0 saturated heterocycles. The van der Waals surface area contributed by atoms with E-state index in [-0.39, 0.29) is 5.54 Å². The molecule has 1 unspecified atom stereocenters. The lowest BCUT2D eigenvalue weighted by molar-refractivity contribution is 0.304. The first-order valence-corrected chi connectivity index (χ1v) is 5.78. The zero-order valence-electron chi connectivity index (χ0n) is 10.6. The minimum Gasteiger partial charge on any atom is -0.321 e. The van der Waals surface area contributed by atoms with Gasteiger partial charge in [0.2, 0.25) is 0 Å². The monoisotopic (exact) mass is 205 g/mol. The Morgan fingerprint density at radius 2 is 1.87 bits per heavy atom. The van der Waals surface area contributed by atoms with Crippen LogP contribution in [0.25, 0.3) is 0 Å². The highest BCUT2D eigenvalue weighted by atomic mass is 14.8. The quantitative estimate of drug-likeness (QED) is 0.802. The lowest BCUT2D eigenvalue weighted by Gasteiger charge is -2.34. The number of rotatable bonds is 3. The van der Waals surface area contributed by atoms with Gasteiger partial charge in [0, 0.05) is 5.54 Å². The molecule has 0 bridgehead atoms. The second kappa shape index (κ2) is 4.36. The van der Waals surface area contributed by atoms with Gasteiger partial charge in [-0.15, -0.1) is 0 Å². The lowest BCUT2D eigenvalue weighted by Crippen LogP contribution is -2.41. The van der Waals surface area contributed by atoms with Crippen LogP contribution in [0.5, 0.6) is 0 Å². The van der Waals surface area contributed by atoms with Crippen LogP contribution >= 0.6 is 0 Å². The van der Waals surface area contributed by atoms with E-state index in [0.717, 1.165) is 6.42 Å². The summed E-state index contributed by atoms with van der Waals surface area (Å²) in [6, 6.07) is 6.56. The molecule has 0 aliphatic rings. The van der Waals surface area contributed by atoms with Crippen molar-refractivity contribution in [1.29, 1.82) is 0 Å². The smallest absolute Gasteiger partial charge is 0.0432 e. The summed E-state index contributed by atoms with van der Waals surface area (Å²) in [6.45, 7) is 10.8. The Bertz CT molecular complexity index is 341. The molecule has 0 saturated carbocycles. The Hall–Kier alpha value is -0.820. The summed E-state index contributed by atoms with van der Waals surface area (Å²) in [5.41, 5.74) is 10.2. The summed E-state index contributed by atoms with van der Waals surface area (Å²) in [6.07, 6.45) is 0.981. The molecule has 1 aromatic rings. The van der Waals surface area contributed by atoms with E-state index in [1.54, 1.807) is 0 Å². The maximum atomic E-state index is 6.51. The fraction of sp³-hybridized carbons (Fsp3) is 0.571. The largest absolute Gasteiger partial charge is 0.321 e. The molecule has 1 rings (SSSR count). The van der Waals surface area contributed by atoms with E-state index >= 15 is 0 Å². The van der Waals surface area contributed by atoms with E-state index < -0.39 is 0 Å². The molecule has 0 amide bonds. The van der Waals surface area contributed by atoms with Crippen LogP contribution < -0.4 is 5.73 Å². The molecule has 0 radical (unpaired) electrons. The van der Waals surface area contributed by atoms with Gasteiger partial charge in [-0.25, -0.2) is 0 Å². The second-order valence-electron chi connectivity index (χ2n) is 4.87. The SMILES string of the molecule is CCC(N)(c1ccc(C)cc1C)C(C)C. The van der Waals surface area contributed by atoms with Crippen molar-refractivity contribution < 1.29 is 0 Å². The maximum Gasteiger partial charge on any atom is 0.0432 e. The van der Waals surface area contributed by atoms with Crippen molar-refractivity contribution in [3.63, 3.8) is 0 Å². The predicted octanol–water partition coefficient (Wildman–Crippen LogP) is 3.52. The Morgan fingerprint density at radius 1 is 1.27 bits per heavy atom. The molecule has 1 heteroatoms. The molecular formula is C14H23N. The minimum absolute atomic E-state index is 0.183. The number of hydrogen-bond acceptors (Lipinski definition) is 1. The summed E-state index contributed by atoms with van der Waals surface area (Å²) in [7, 11) is 0. The van der Waals surface area contributed by atoms with Crippen molar-refractivity contribution in [3.05, 3.63) is 34.9 Å². The van der Waals surface area contributed by atoms with Gasteiger partial charge < -0.3 is 5.73 Å². The van der Waals surface area contributed by atoms with E-state index in [2.05, 4.69) is 52.8 Å². The minimum atomic E-state index is -0.183. The van der Waals surface area contributed by atoms with Crippen LogP contribution in [-0.2, 0) is 5.54 Å². The average molecular weight is 205 g/mol. The Morgan fingerprint density at radius 3 is 2.27 bits per heavy atom. The maximum absolute atomic E-state index is 6.51. The summed E-state index contributed by atoms with van der Waals surface area (Å²) < 4.78 is 0. The van der Waals surface area contributed by atoms with Gasteiger partial charge in [-0.3, -0.25) is 0 Å². The highest BCUT2D eigenvalue weighted by Crippen LogP contribution is 2.32. The molecule has 0 spiro atoms. The van der Waals surface area contributed by atoms with Crippen LogP contribution in [0.4, 0.5) is 0 Å². The third-order valence-corrected chi connectivity index (χ3v) is 3.50. The molecular weight excluding hydrogens is 182 g/mol. The lowest BCUT2D eigenvalue weighted by atomic mass is 9.77. The van der Waals surface area contributed by atoms with Crippen LogP contribution in [0.1, 0.15) is 43.9 Å². The fourth-order valence-corrected chi connectivity index (χ4v) is 2.25. The second-order valence-corrected chi connectivity index (χ2v) is 4.87. The number of nitrogens with two attached hydrogens (primary N) is 1. The first-order chi connectivity index (χ1) is 6.91. The molecule has 0 aromatic heterocycles. The first kappa shape index (κ1) is 12.3. The molecule has 1 nitrogen and oxygen atoms in total. The molecule has 15 heavy (non-hydrogen) atoms. The molecule has 1 aromatic carbocycles. The Kier molecular flexibility index (Phi) is 3.56. The van der Waals surface area contributed by atoms with E-state index in [4.69, 9.17) is 5.73 Å². The standard InChI is InChI=1S/C14H23N/c1-6-14(15,10(2)3)13-8-7-11(4)9-12(13)5/h7-10H,6,15H2,1-5H3. The Balaban J connectivity index is 3.24. The van der Waals surface area contributed by atoms with Crippen molar-refractivity contribution in [2.45, 2.75) is 46.6 Å². The van der Waals surface area contributed by atoms with Gasteiger partial charge in [0.05, 0.1) is 0 Å². The number of aryl methyl sites for hydroxylation is 2. The third kappa shape index (κ3) is 2.23. The molecule has 0 aliphatic heterocycles. The topological polar surface area (TPSA) is 26.0 Å². The summed E-state index contributed by atoms with van der Waals surface area (Å²) in [4.78, 5) is 0. The van der Waals surface area contributed by atoms with Crippen LogP contribution in [0.15, 0.2) is 18.2 Å². The van der Waals surface area contributed by atoms with Gasteiger partial charge in [0.1, 0.15) is 0 Å². The zero-order valence-corrected chi connectivity index (χ0v) is 10.6. The van der Waals surface area contributed by atoms with Gasteiger partial charge in [0.15, 0.2) is 0 Å². The molecule has 1 atom stereocenters. The van der Waals surface area contributed by atoms with Crippen LogP contribution in [0.3, 0.4) is 0 Å². The van der Waals surface area contributed by atoms with E-state index in [9.17, 15) is 0 Å². The highest BCUT2D eigenvalue weighted by molar-refractivity contribution is 5.36. The van der Waals surface area contributed by atoms with Crippen molar-refractivity contribution in [2.24, 2.45) is 11.7 Å². The normalized spacial score (nSPS) is 15.4.